The summed E-state index contributed by atoms with van der Waals surface area (Å²) in [5, 5.41) is 46.3. The molecule has 8 heterocycles. The van der Waals surface area contributed by atoms with Crippen molar-refractivity contribution in [2.45, 2.75) is 102 Å². The Morgan fingerprint density at radius 2 is 1.73 bits per heavy atom. The highest BCUT2D eigenvalue weighted by atomic mass is 16.4. The van der Waals surface area contributed by atoms with E-state index < -0.39 is 29.6 Å². The molecular weight excluding hydrogens is 841 g/mol. The molecule has 6 aliphatic rings. The van der Waals surface area contributed by atoms with Crippen LogP contribution in [0.3, 0.4) is 0 Å². The fourth-order valence-electron chi connectivity index (χ4n) is 11.8. The van der Waals surface area contributed by atoms with Gasteiger partial charge in [-0.05, 0) is 100 Å². The van der Waals surface area contributed by atoms with Gasteiger partial charge < -0.3 is 50.5 Å². The second-order valence-electron chi connectivity index (χ2n) is 20.7. The van der Waals surface area contributed by atoms with E-state index in [2.05, 4.69) is 47.4 Å². The number of para-hydroxylation sites is 1. The second kappa shape index (κ2) is 17.7. The van der Waals surface area contributed by atoms with E-state index in [4.69, 9.17) is 9.97 Å². The minimum Gasteiger partial charge on any atom is -0.507 e. The molecule has 5 aliphatic heterocycles. The number of piperidine rings is 1. The first kappa shape index (κ1) is 44.4. The molecule has 10 rings (SSSR count). The number of urea groups is 1. The smallest absolute Gasteiger partial charge is 0.322 e. The summed E-state index contributed by atoms with van der Waals surface area (Å²) < 4.78 is 0. The molecule has 66 heavy (non-hydrogen) atoms. The van der Waals surface area contributed by atoms with Crippen molar-refractivity contribution in [3.63, 3.8) is 0 Å². The third kappa shape index (κ3) is 8.56. The number of phenols is 1. The van der Waals surface area contributed by atoms with Crippen LogP contribution in [0.5, 0.6) is 5.75 Å². The fraction of sp³-hybridized carbons (Fsp3) is 0.604. The van der Waals surface area contributed by atoms with Gasteiger partial charge in [-0.1, -0.05) is 26.0 Å². The lowest BCUT2D eigenvalue weighted by molar-refractivity contribution is -0.140. The van der Waals surface area contributed by atoms with Gasteiger partial charge in [-0.25, -0.2) is 14.8 Å². The Labute approximate surface area is 385 Å². The summed E-state index contributed by atoms with van der Waals surface area (Å²) in [4.78, 5) is 63.3. The summed E-state index contributed by atoms with van der Waals surface area (Å²) in [7, 11) is 0. The first-order chi connectivity index (χ1) is 31.7. The number of carboxylic acids is 1. The predicted octanol–water partition coefficient (Wildman–Crippen LogP) is 3.33. The van der Waals surface area contributed by atoms with Gasteiger partial charge in [0, 0.05) is 105 Å². The molecule has 4 aromatic rings. The number of nitrogens with zero attached hydrogens (tertiary/aromatic N) is 9. The standard InChI is InChI=1S/C48H64N12O6/c1-29-40-35-20-37(34-6-4-5-7-39(34)62)54-55-42(35)52-36(40)11-17-60(29)45-50-23-31(24-51-45)30-8-14-57(15-9-30)32-21-48(22-32)27-59(28-48)46(66)53-41(43(63)58-16-10-33(61)25-58)47(2,3)12-18-56-19-13-49-38(26-56)44(64)65/h4-7,20,23-24,29-30,32-33,38,41,49,61-62H,8-19,21-22,25-28H2,1-3H3,(H,52,55)(H,53,66)(H,64,65). The zero-order valence-electron chi connectivity index (χ0n) is 38.3. The van der Waals surface area contributed by atoms with Crippen molar-refractivity contribution in [1.82, 2.24) is 55.4 Å². The van der Waals surface area contributed by atoms with E-state index >= 15 is 0 Å². The van der Waals surface area contributed by atoms with Crippen molar-refractivity contribution in [3.05, 3.63) is 59.5 Å². The number of aromatic nitrogens is 5. The van der Waals surface area contributed by atoms with Gasteiger partial charge in [-0.3, -0.25) is 14.5 Å². The predicted molar refractivity (Wildman–Crippen MR) is 247 cm³/mol. The van der Waals surface area contributed by atoms with Crippen LogP contribution in [-0.2, 0) is 16.0 Å². The Balaban J connectivity index is 0.705. The number of piperazine rings is 1. The lowest BCUT2D eigenvalue weighted by Gasteiger charge is -2.61. The van der Waals surface area contributed by atoms with E-state index in [0.29, 0.717) is 75.3 Å². The van der Waals surface area contributed by atoms with E-state index in [-0.39, 0.29) is 35.7 Å². The van der Waals surface area contributed by atoms with Crippen molar-refractivity contribution in [2.75, 3.05) is 76.9 Å². The number of aliphatic hydroxyl groups is 1. The third-order valence-corrected chi connectivity index (χ3v) is 15.9. The molecular formula is C48H64N12O6. The van der Waals surface area contributed by atoms with Crippen LogP contribution in [0.4, 0.5) is 10.7 Å². The summed E-state index contributed by atoms with van der Waals surface area (Å²) in [5.41, 5.74) is 5.02. The van der Waals surface area contributed by atoms with Gasteiger partial charge in [0.25, 0.3) is 0 Å². The molecule has 4 saturated heterocycles. The van der Waals surface area contributed by atoms with Crippen LogP contribution in [0.1, 0.15) is 88.1 Å². The van der Waals surface area contributed by atoms with Gasteiger partial charge in [-0.15, -0.1) is 10.2 Å². The Kier molecular flexibility index (Phi) is 11.9. The molecule has 0 radical (unpaired) electrons. The maximum Gasteiger partial charge on any atom is 0.322 e. The number of nitrogens with one attached hydrogen (secondary N) is 3. The largest absolute Gasteiger partial charge is 0.507 e. The number of anilines is 1. The number of carbonyl (C=O) groups is 3. The highest BCUT2D eigenvalue weighted by Gasteiger charge is 2.56. The number of aromatic amines is 1. The van der Waals surface area contributed by atoms with Crippen LogP contribution in [0, 0.1) is 10.8 Å². The van der Waals surface area contributed by atoms with Gasteiger partial charge in [-0.2, -0.15) is 0 Å². The summed E-state index contributed by atoms with van der Waals surface area (Å²) in [6.45, 7) is 13.4. The molecule has 3 amide bonds. The maximum atomic E-state index is 14.0. The first-order valence-electron chi connectivity index (χ1n) is 23.9. The number of fused-ring (bicyclic) bond motifs is 3. The minimum atomic E-state index is -0.870. The molecule has 6 N–H and O–H groups in total. The lowest BCUT2D eigenvalue weighted by atomic mass is 9.60. The van der Waals surface area contributed by atoms with Crippen molar-refractivity contribution < 1.29 is 29.7 Å². The molecule has 5 fully saturated rings. The molecule has 4 unspecified atom stereocenters. The summed E-state index contributed by atoms with van der Waals surface area (Å²) in [5.74, 6) is 0.254. The number of H-pyrrole nitrogens is 1. The number of phenolic OH excluding ortho intramolecular Hbond substituents is 1. The fourth-order valence-corrected chi connectivity index (χ4v) is 11.8. The summed E-state index contributed by atoms with van der Waals surface area (Å²) >= 11 is 0. The lowest BCUT2D eigenvalue weighted by Crippen LogP contribution is -2.70. The normalized spacial score (nSPS) is 24.5. The summed E-state index contributed by atoms with van der Waals surface area (Å²) in [6.07, 6.45) is 9.63. The topological polar surface area (TPSA) is 220 Å². The van der Waals surface area contributed by atoms with Crippen LogP contribution in [0.15, 0.2) is 42.7 Å². The molecule has 4 atom stereocenters. The average Bonchev–Trinajstić information content (AvgIpc) is 3.90. The number of carboxylic acid groups (broad SMARTS) is 1. The number of hydrogen-bond donors (Lipinski definition) is 6. The quantitative estimate of drug-likeness (QED) is 0.127. The van der Waals surface area contributed by atoms with Crippen molar-refractivity contribution >= 4 is 34.9 Å². The van der Waals surface area contributed by atoms with E-state index in [9.17, 15) is 29.7 Å². The molecule has 18 nitrogen and oxygen atoms in total. The number of β-amino-alcohol motifs (C(OH)–C–C–N with tert-alkyl or cyclic N) is 1. The first-order valence-corrected chi connectivity index (χ1v) is 23.9. The number of benzene rings is 1. The molecule has 3 aromatic heterocycles. The zero-order valence-corrected chi connectivity index (χ0v) is 38.3. The van der Waals surface area contributed by atoms with E-state index in [0.717, 1.165) is 86.5 Å². The highest BCUT2D eigenvalue weighted by Crippen LogP contribution is 2.51. The number of rotatable bonds is 11. The number of hydrogen-bond acceptors (Lipinski definition) is 13. The summed E-state index contributed by atoms with van der Waals surface area (Å²) in [6, 6.07) is 8.11. The van der Waals surface area contributed by atoms with Gasteiger partial charge in [0.15, 0.2) is 5.65 Å². The Hall–Kier alpha value is -5.43. The molecule has 1 aliphatic carbocycles. The number of aromatic hydroxyl groups is 1. The molecule has 1 spiro atoms. The van der Waals surface area contributed by atoms with Crippen molar-refractivity contribution in [3.8, 4) is 17.0 Å². The van der Waals surface area contributed by atoms with Crippen molar-refractivity contribution in [2.24, 2.45) is 10.8 Å². The number of carbonyl (C=O) groups excluding carboxylic acids is 2. The molecule has 18 heteroatoms. The molecule has 0 bridgehead atoms. The maximum absolute atomic E-state index is 14.0. The average molecular weight is 905 g/mol. The van der Waals surface area contributed by atoms with Crippen LogP contribution in [0.2, 0.25) is 0 Å². The van der Waals surface area contributed by atoms with Gasteiger partial charge in [0.2, 0.25) is 11.9 Å². The number of aliphatic hydroxyl groups excluding tert-OH is 1. The van der Waals surface area contributed by atoms with E-state index in [1.54, 1.807) is 17.0 Å². The number of likely N-dealkylation sites (tertiary alicyclic amines) is 3. The Bertz CT molecular complexity index is 2440. The minimum absolute atomic E-state index is 0.0144. The Morgan fingerprint density at radius 3 is 2.44 bits per heavy atom. The van der Waals surface area contributed by atoms with E-state index in [1.807, 2.05) is 49.3 Å². The Morgan fingerprint density at radius 1 is 0.970 bits per heavy atom. The van der Waals surface area contributed by atoms with Crippen LogP contribution >= 0.6 is 0 Å². The number of amides is 3. The van der Waals surface area contributed by atoms with Crippen LogP contribution in [0.25, 0.3) is 22.3 Å². The van der Waals surface area contributed by atoms with Gasteiger partial charge >= 0.3 is 12.0 Å². The third-order valence-electron chi connectivity index (χ3n) is 15.9. The van der Waals surface area contributed by atoms with E-state index in [1.165, 1.54) is 5.56 Å². The monoisotopic (exact) mass is 905 g/mol. The molecule has 1 aromatic carbocycles. The van der Waals surface area contributed by atoms with Crippen LogP contribution in [-0.4, -0.2) is 174 Å². The molecule has 1 saturated carbocycles. The van der Waals surface area contributed by atoms with Crippen molar-refractivity contribution in [1.29, 1.82) is 0 Å². The number of aliphatic carboxylic acids is 1. The van der Waals surface area contributed by atoms with Crippen LogP contribution < -0.4 is 15.5 Å². The SMILES string of the molecule is CC1c2c([nH]c3nnc(-c4ccccc4O)cc23)CCN1c1ncc(C2CCN(C3CC4(C3)CN(C(=O)NC(C(=O)N3CCC(O)C3)C(C)(C)CCN3CCNC(C(=O)O)C3)C4)CC2)cn1. The zero-order chi connectivity index (χ0) is 45.9. The second-order valence-corrected chi connectivity index (χ2v) is 20.7. The molecule has 352 valence electrons. The highest BCUT2D eigenvalue weighted by molar-refractivity contribution is 5.89. The van der Waals surface area contributed by atoms with Gasteiger partial charge in [0.05, 0.1) is 17.8 Å². The van der Waals surface area contributed by atoms with Gasteiger partial charge in [0.1, 0.15) is 17.8 Å².